The Hall–Kier alpha value is -0.390. The largest absolute Gasteiger partial charge is 0.488 e. The van der Waals surface area contributed by atoms with Crippen molar-refractivity contribution < 1.29 is 9.47 Å². The molecule has 0 atom stereocenters. The van der Waals surface area contributed by atoms with E-state index in [1.54, 1.807) is 0 Å². The summed E-state index contributed by atoms with van der Waals surface area (Å²) in [6, 6.07) is 0. The average molecular weight is 265 g/mol. The summed E-state index contributed by atoms with van der Waals surface area (Å²) in [5.41, 5.74) is 0. The van der Waals surface area contributed by atoms with Gasteiger partial charge in [-0.25, -0.2) is 0 Å². The molecule has 0 aliphatic carbocycles. The second kappa shape index (κ2) is 3.34. The van der Waals surface area contributed by atoms with Crippen LogP contribution < -0.4 is 0 Å². The van der Waals surface area contributed by atoms with Crippen molar-refractivity contribution in [1.82, 2.24) is 0 Å². The molecule has 0 spiro atoms. The highest BCUT2D eigenvalue weighted by Crippen LogP contribution is 2.24. The molecule has 0 N–H and O–H groups in total. The van der Waals surface area contributed by atoms with Gasteiger partial charge in [-0.05, 0) is 10.2 Å². The Morgan fingerprint density at radius 2 is 2.27 bits per heavy atom. The van der Waals surface area contributed by atoms with Crippen molar-refractivity contribution in [2.24, 2.45) is 3.15 Å². The molecule has 0 aromatic carbocycles. The minimum absolute atomic E-state index is 0.162. The first-order chi connectivity index (χ1) is 5.47. The van der Waals surface area contributed by atoms with Crippen molar-refractivity contribution >= 4 is 21.0 Å². The van der Waals surface area contributed by atoms with E-state index in [0.29, 0.717) is 0 Å². The minimum Gasteiger partial charge on any atom is -0.488 e. The lowest BCUT2D eigenvalue weighted by Gasteiger charge is -2.06. The highest BCUT2D eigenvalue weighted by molar-refractivity contribution is 14.2. The molecular formula is C7H8INO2. The van der Waals surface area contributed by atoms with E-state index in [0.717, 1.165) is 31.3 Å². The fraction of sp³-hybridized carbons (Fsp3) is 0.429. The van der Waals surface area contributed by atoms with Crippen molar-refractivity contribution in [2.75, 3.05) is 13.2 Å². The van der Waals surface area contributed by atoms with Crippen LogP contribution in [0.5, 0.6) is 0 Å². The molecule has 11 heavy (non-hydrogen) atoms. The van der Waals surface area contributed by atoms with Gasteiger partial charge in [0.2, 0.25) is 0 Å². The van der Waals surface area contributed by atoms with Crippen LogP contribution in [0.1, 0.15) is 6.42 Å². The third-order valence-corrected chi connectivity index (χ3v) is 2.79. The van der Waals surface area contributed by atoms with Crippen molar-refractivity contribution in [1.29, 1.82) is 0 Å². The van der Waals surface area contributed by atoms with Crippen molar-refractivity contribution in [3.63, 3.8) is 0 Å². The van der Waals surface area contributed by atoms with Crippen LogP contribution in [0.25, 0.3) is 0 Å². The monoisotopic (exact) mass is 265 g/mol. The summed E-state index contributed by atoms with van der Waals surface area (Å²) in [4.78, 5) is 0. The summed E-state index contributed by atoms with van der Waals surface area (Å²) in [6.07, 6.45) is 2.93. The molecule has 2 heterocycles. The number of rotatable bonds is 0. The zero-order chi connectivity index (χ0) is 7.52. The van der Waals surface area contributed by atoms with Crippen LogP contribution in [0.15, 0.2) is 24.9 Å². The highest BCUT2D eigenvalue weighted by atomic mass is 127. The van der Waals surface area contributed by atoms with Gasteiger partial charge in [0.05, 0.1) is 13.2 Å². The molecule has 0 aromatic heterocycles. The van der Waals surface area contributed by atoms with Gasteiger partial charge in [-0.2, -0.15) is 3.15 Å². The lowest BCUT2D eigenvalue weighted by atomic mass is 10.5. The van der Waals surface area contributed by atoms with E-state index in [2.05, 4.69) is 7.23 Å². The fourth-order valence-corrected chi connectivity index (χ4v) is 2.16. The van der Waals surface area contributed by atoms with E-state index < -0.39 is 0 Å². The second-order valence-corrected chi connectivity index (χ2v) is 3.95. The standard InChI is InChI=1S/C7H8INO2/c1-4-10-6-2-3-8-9-7(6)11-5-1/h2-3H,1,4-5H2. The first-order valence-corrected chi connectivity index (χ1v) is 5.68. The number of nitrogens with zero attached hydrogens (tertiary/aromatic N) is 1. The third kappa shape index (κ3) is 1.61. The van der Waals surface area contributed by atoms with E-state index in [9.17, 15) is 0 Å². The van der Waals surface area contributed by atoms with Crippen LogP contribution in [-0.2, 0) is 9.47 Å². The minimum atomic E-state index is -0.162. The van der Waals surface area contributed by atoms with Crippen LogP contribution in [0.3, 0.4) is 0 Å². The molecular weight excluding hydrogens is 257 g/mol. The molecule has 0 radical (unpaired) electrons. The zero-order valence-corrected chi connectivity index (χ0v) is 8.08. The molecule has 60 valence electrons. The molecule has 0 bridgehead atoms. The van der Waals surface area contributed by atoms with Crippen LogP contribution in [-0.4, -0.2) is 13.2 Å². The predicted octanol–water partition coefficient (Wildman–Crippen LogP) is 2.27. The SMILES string of the molecule is C1=CC2=C(N=I1)OCCCO2. The van der Waals surface area contributed by atoms with Crippen LogP contribution >= 0.6 is 21.0 Å². The van der Waals surface area contributed by atoms with E-state index in [-0.39, 0.29) is 21.0 Å². The van der Waals surface area contributed by atoms with E-state index in [4.69, 9.17) is 9.47 Å². The quantitative estimate of drug-likeness (QED) is 0.629. The number of halogens is 1. The van der Waals surface area contributed by atoms with Gasteiger partial charge in [0.15, 0.2) is 5.76 Å². The zero-order valence-electron chi connectivity index (χ0n) is 5.92. The van der Waals surface area contributed by atoms with Gasteiger partial charge in [-0.15, -0.1) is 0 Å². The molecule has 2 aliphatic heterocycles. The van der Waals surface area contributed by atoms with E-state index in [1.165, 1.54) is 0 Å². The first kappa shape index (κ1) is 7.27. The second-order valence-electron chi connectivity index (χ2n) is 2.19. The number of allylic oxidation sites excluding steroid dienone is 1. The lowest BCUT2D eigenvalue weighted by Crippen LogP contribution is -1.92. The Morgan fingerprint density at radius 1 is 1.36 bits per heavy atom. The van der Waals surface area contributed by atoms with Gasteiger partial charge < -0.3 is 9.47 Å². The van der Waals surface area contributed by atoms with Crippen LogP contribution in [0, 0.1) is 0 Å². The Bertz CT molecular complexity index is 221. The Labute approximate surface area is 75.2 Å². The maximum Gasteiger partial charge on any atom is 0.262 e. The normalized spacial score (nSPS) is 22.5. The van der Waals surface area contributed by atoms with E-state index >= 15 is 0 Å². The summed E-state index contributed by atoms with van der Waals surface area (Å²) in [7, 11) is 0. The Balaban J connectivity index is 2.26. The van der Waals surface area contributed by atoms with Gasteiger partial charge in [0, 0.05) is 27.5 Å². The van der Waals surface area contributed by atoms with Gasteiger partial charge in [-0.3, -0.25) is 0 Å². The smallest absolute Gasteiger partial charge is 0.262 e. The summed E-state index contributed by atoms with van der Waals surface area (Å²) in [5.74, 6) is 1.53. The summed E-state index contributed by atoms with van der Waals surface area (Å²) >= 11 is -0.162. The Morgan fingerprint density at radius 3 is 3.27 bits per heavy atom. The van der Waals surface area contributed by atoms with Crippen molar-refractivity contribution in [3.05, 3.63) is 21.8 Å². The average Bonchev–Trinajstić information content (AvgIpc) is 2.28. The molecule has 0 unspecified atom stereocenters. The van der Waals surface area contributed by atoms with Crippen LogP contribution in [0.2, 0.25) is 0 Å². The number of ether oxygens (including phenoxy) is 2. The van der Waals surface area contributed by atoms with Gasteiger partial charge >= 0.3 is 0 Å². The Kier molecular flexibility index (Phi) is 2.21. The van der Waals surface area contributed by atoms with Gasteiger partial charge in [0.1, 0.15) is 0 Å². The molecule has 0 fully saturated rings. The maximum absolute atomic E-state index is 5.40. The first-order valence-electron chi connectivity index (χ1n) is 3.47. The number of hydrogen-bond acceptors (Lipinski definition) is 3. The molecule has 0 amide bonds. The fourth-order valence-electron chi connectivity index (χ4n) is 0.886. The van der Waals surface area contributed by atoms with E-state index in [1.807, 2.05) is 6.08 Å². The predicted molar refractivity (Wildman–Crippen MR) is 49.1 cm³/mol. The maximum atomic E-state index is 5.40. The van der Waals surface area contributed by atoms with Crippen LogP contribution in [0.4, 0.5) is 0 Å². The molecule has 2 aliphatic rings. The molecule has 4 heteroatoms. The topological polar surface area (TPSA) is 30.8 Å². The summed E-state index contributed by atoms with van der Waals surface area (Å²) < 4.78 is 17.1. The summed E-state index contributed by atoms with van der Waals surface area (Å²) in [6.45, 7) is 1.48. The molecule has 0 saturated heterocycles. The number of hydrogen-bond donors (Lipinski definition) is 0. The van der Waals surface area contributed by atoms with Gasteiger partial charge in [-0.1, -0.05) is 0 Å². The molecule has 2 rings (SSSR count). The van der Waals surface area contributed by atoms with Gasteiger partial charge in [0.25, 0.3) is 5.88 Å². The summed E-state index contributed by atoms with van der Waals surface area (Å²) in [5, 5.41) is 0. The molecule has 0 saturated carbocycles. The highest BCUT2D eigenvalue weighted by Gasteiger charge is 2.12. The van der Waals surface area contributed by atoms with Crippen molar-refractivity contribution in [3.8, 4) is 0 Å². The lowest BCUT2D eigenvalue weighted by molar-refractivity contribution is 0.209. The molecule has 3 nitrogen and oxygen atoms in total. The van der Waals surface area contributed by atoms with Crippen molar-refractivity contribution in [2.45, 2.75) is 6.42 Å². The third-order valence-electron chi connectivity index (χ3n) is 1.39. The molecule has 0 aromatic rings.